The van der Waals surface area contributed by atoms with E-state index in [1.165, 1.54) is 0 Å². The van der Waals surface area contributed by atoms with E-state index in [0.717, 1.165) is 167 Å². The van der Waals surface area contributed by atoms with Gasteiger partial charge in [0.2, 0.25) is 0 Å². The lowest BCUT2D eigenvalue weighted by atomic mass is 9.69. The Balaban J connectivity index is 0.883. The summed E-state index contributed by atoms with van der Waals surface area (Å²) >= 11 is 0. The first-order valence-corrected chi connectivity index (χ1v) is 33.0. The van der Waals surface area contributed by atoms with Crippen molar-refractivity contribution in [3.05, 3.63) is 60.8 Å². The van der Waals surface area contributed by atoms with Crippen LogP contribution in [-0.4, -0.2) is 73.0 Å². The molecule has 12 unspecified atom stereocenters. The molecule has 6 aliphatic rings. The van der Waals surface area contributed by atoms with E-state index in [0.29, 0.717) is 19.3 Å². The molecule has 84 heavy (non-hydrogen) atoms. The van der Waals surface area contributed by atoms with Crippen molar-refractivity contribution in [2.75, 3.05) is 13.2 Å². The highest BCUT2D eigenvalue weighted by Gasteiger charge is 2.54. The normalized spacial score (nSPS) is 27.2. The van der Waals surface area contributed by atoms with Gasteiger partial charge in [0.25, 0.3) is 0 Å². The molecular formula is C69H100O15. The van der Waals surface area contributed by atoms with E-state index in [1.807, 2.05) is 0 Å². The minimum Gasteiger partial charge on any atom is -0.462 e. The second-order valence-corrected chi connectivity index (χ2v) is 24.7. The van der Waals surface area contributed by atoms with Crippen molar-refractivity contribution >= 4 is 53.7 Å². The Morgan fingerprint density at radius 2 is 0.643 bits per heavy atom. The van der Waals surface area contributed by atoms with Crippen LogP contribution in [-0.2, 0) is 71.6 Å². The first-order valence-electron chi connectivity index (χ1n) is 33.0. The van der Waals surface area contributed by atoms with E-state index in [4.69, 9.17) is 28.4 Å². The van der Waals surface area contributed by atoms with E-state index in [-0.39, 0.29) is 79.9 Å². The van der Waals surface area contributed by atoms with Gasteiger partial charge in [-0.05, 0) is 119 Å². The molecule has 0 spiro atoms. The number of carbonyl (C=O) groups excluding carboxylic acids is 9. The molecule has 3 saturated heterocycles. The fourth-order valence-corrected chi connectivity index (χ4v) is 13.8. The molecule has 0 aromatic carbocycles. The number of unbranched alkanes of at least 4 members (excludes halogenated alkanes) is 15. The van der Waals surface area contributed by atoms with Crippen molar-refractivity contribution in [2.24, 2.45) is 71.0 Å². The van der Waals surface area contributed by atoms with E-state index in [1.54, 1.807) is 0 Å². The van der Waals surface area contributed by atoms with Crippen LogP contribution in [0.2, 0.25) is 0 Å². The molecule has 3 aliphatic heterocycles. The summed E-state index contributed by atoms with van der Waals surface area (Å²) in [6.45, 7) is 5.85. The summed E-state index contributed by atoms with van der Waals surface area (Å²) < 4.78 is 32.4. The smallest absolute Gasteiger partial charge is 0.318 e. The summed E-state index contributed by atoms with van der Waals surface area (Å²) in [5.74, 6) is -6.22. The van der Waals surface area contributed by atoms with Gasteiger partial charge in [-0.3, -0.25) is 43.2 Å². The average molecular weight is 1170 g/mol. The lowest BCUT2D eigenvalue weighted by Gasteiger charge is -2.31. The molecule has 0 aromatic heterocycles. The largest absolute Gasteiger partial charge is 0.462 e. The third-order valence-electron chi connectivity index (χ3n) is 18.4. The number of hydrogen-bond donors (Lipinski definition) is 0. The fraction of sp³-hybridized carbons (Fsp3) is 0.725. The number of rotatable bonds is 42. The van der Waals surface area contributed by atoms with Gasteiger partial charge in [0, 0.05) is 19.3 Å². The Morgan fingerprint density at radius 3 is 0.952 bits per heavy atom. The lowest BCUT2D eigenvalue weighted by Crippen LogP contribution is -2.33. The summed E-state index contributed by atoms with van der Waals surface area (Å²) in [6.07, 6.45) is 45.9. The Morgan fingerprint density at radius 1 is 0.369 bits per heavy atom. The molecule has 3 heterocycles. The monoisotopic (exact) mass is 1170 g/mol. The maximum Gasteiger partial charge on any atom is 0.318 e. The third-order valence-corrected chi connectivity index (χ3v) is 18.4. The van der Waals surface area contributed by atoms with Gasteiger partial charge in [0.15, 0.2) is 6.10 Å². The first kappa shape index (κ1) is 67.7. The molecule has 0 bridgehead atoms. The van der Waals surface area contributed by atoms with Gasteiger partial charge < -0.3 is 28.4 Å². The summed E-state index contributed by atoms with van der Waals surface area (Å²) in [5, 5.41) is 0. The molecule has 0 radical (unpaired) electrons. The minimum absolute atomic E-state index is 0.00116. The second kappa shape index (κ2) is 37.2. The third kappa shape index (κ3) is 21.2. The van der Waals surface area contributed by atoms with Crippen molar-refractivity contribution in [3.63, 3.8) is 0 Å². The van der Waals surface area contributed by atoms with Gasteiger partial charge in [-0.2, -0.15) is 0 Å². The zero-order valence-corrected chi connectivity index (χ0v) is 50.9. The number of carbonyl (C=O) groups is 9. The molecule has 3 fully saturated rings. The molecule has 0 aromatic rings. The second-order valence-electron chi connectivity index (χ2n) is 24.7. The summed E-state index contributed by atoms with van der Waals surface area (Å²) in [6, 6.07) is 0. The van der Waals surface area contributed by atoms with Gasteiger partial charge in [0.05, 0.1) is 35.5 Å². The zero-order valence-electron chi connectivity index (χ0n) is 50.9. The zero-order chi connectivity index (χ0) is 60.1. The van der Waals surface area contributed by atoms with Gasteiger partial charge in [-0.15, -0.1) is 0 Å². The number of allylic oxidation sites excluding steroid dienone is 10. The Kier molecular flexibility index (Phi) is 29.9. The quantitative estimate of drug-likeness (QED) is 0.0183. The maximum atomic E-state index is 13.2. The molecule has 12 atom stereocenters. The topological polar surface area (TPSA) is 209 Å². The van der Waals surface area contributed by atoms with Crippen LogP contribution in [0.25, 0.3) is 0 Å². The number of ether oxygens (including phenoxy) is 6. The fourth-order valence-electron chi connectivity index (χ4n) is 13.8. The molecule has 3 aliphatic carbocycles. The predicted octanol–water partition coefficient (Wildman–Crippen LogP) is 14.0. The summed E-state index contributed by atoms with van der Waals surface area (Å²) in [5.41, 5.74) is 0. The van der Waals surface area contributed by atoms with Crippen molar-refractivity contribution in [1.29, 1.82) is 0 Å². The first-order chi connectivity index (χ1) is 40.8. The highest BCUT2D eigenvalue weighted by Crippen LogP contribution is 2.47. The van der Waals surface area contributed by atoms with Crippen molar-refractivity contribution < 1.29 is 71.6 Å². The molecule has 0 amide bonds. The highest BCUT2D eigenvalue weighted by atomic mass is 16.6. The van der Waals surface area contributed by atoms with E-state index in [9.17, 15) is 43.2 Å². The van der Waals surface area contributed by atoms with E-state index in [2.05, 4.69) is 81.5 Å². The maximum absolute atomic E-state index is 13.2. The van der Waals surface area contributed by atoms with Crippen LogP contribution >= 0.6 is 0 Å². The van der Waals surface area contributed by atoms with Crippen molar-refractivity contribution in [1.82, 2.24) is 0 Å². The summed E-state index contributed by atoms with van der Waals surface area (Å²) in [7, 11) is 0. The Labute approximate surface area is 500 Å². The molecule has 0 N–H and O–H groups in total. The Bertz CT molecular complexity index is 2200. The number of fused-ring (bicyclic) bond motifs is 3. The highest BCUT2D eigenvalue weighted by molar-refractivity contribution is 5.98. The van der Waals surface area contributed by atoms with Crippen LogP contribution in [0.15, 0.2) is 60.8 Å². The Hall–Kier alpha value is -5.47. The number of hydrogen-bond acceptors (Lipinski definition) is 15. The molecule has 466 valence electrons. The van der Waals surface area contributed by atoms with Crippen molar-refractivity contribution in [2.45, 2.75) is 232 Å². The van der Waals surface area contributed by atoms with Crippen LogP contribution in [0, 0.1) is 71.0 Å². The van der Waals surface area contributed by atoms with Gasteiger partial charge in [-0.1, -0.05) is 184 Å². The standard InChI is InChI=1S/C69H100O15/c1-4-7-10-22-31-48-40-43-51(61-58(48)64(73)82-67(61)76)34-25-16-13-19-28-37-55(70)79-46-54(81-57(72)39-30-21-15-18-27-36-53-45-42-50(33-24-12-9-6-3)60-63(53)69(78)84-66(60)75)47-80-56(71)38-29-20-14-17-26-35-52-44-41-49(32-23-11-8-5-2)59-62(52)68(77)83-65(59)74/h7-8,10-11,40-45,48-54,58-63H,4-6,9,12-39,46-47H2,1-3H3/b10-7-,11-8-. The molecule has 15 nitrogen and oxygen atoms in total. The van der Waals surface area contributed by atoms with Gasteiger partial charge >= 0.3 is 53.7 Å². The SMILES string of the molecule is CC/C=C\CCC1C=CC(CCCCCCCC(=O)OCC(COC(=O)CCCCCCCC2C=CC(CC/C=C\CC)C3C(=O)OC(=O)C23)OC(=O)CCCCCCCC2C=CC(CCCCCC)C3C(=O)OC(=O)C23)C2C(=O)OC(=O)C12. The molecule has 15 heteroatoms. The van der Waals surface area contributed by atoms with Crippen LogP contribution in [0.4, 0.5) is 0 Å². The number of cyclic esters (lactones) is 6. The van der Waals surface area contributed by atoms with Crippen molar-refractivity contribution in [3.8, 4) is 0 Å². The predicted molar refractivity (Wildman–Crippen MR) is 317 cm³/mol. The molecular weight excluding hydrogens is 1070 g/mol. The van der Waals surface area contributed by atoms with Gasteiger partial charge in [-0.25, -0.2) is 0 Å². The van der Waals surface area contributed by atoms with E-state index < -0.39 is 83.4 Å². The number of esters is 9. The molecule has 6 rings (SSSR count). The van der Waals surface area contributed by atoms with E-state index >= 15 is 0 Å². The van der Waals surface area contributed by atoms with Crippen LogP contribution in [0.5, 0.6) is 0 Å². The van der Waals surface area contributed by atoms with Crippen LogP contribution in [0.1, 0.15) is 226 Å². The minimum atomic E-state index is -0.967. The van der Waals surface area contributed by atoms with Crippen LogP contribution in [0.3, 0.4) is 0 Å². The van der Waals surface area contributed by atoms with Gasteiger partial charge in [0.1, 0.15) is 13.2 Å². The average Bonchev–Trinajstić information content (AvgIpc) is 2.49. The summed E-state index contributed by atoms with van der Waals surface area (Å²) in [4.78, 5) is 115. The lowest BCUT2D eigenvalue weighted by molar-refractivity contribution is -0.167. The molecule has 0 saturated carbocycles. The van der Waals surface area contributed by atoms with Crippen LogP contribution < -0.4 is 0 Å².